The van der Waals surface area contributed by atoms with Gasteiger partial charge in [0.25, 0.3) is 8.38 Å². The Morgan fingerprint density at radius 2 is 1.86 bits per heavy atom. The number of aromatic nitrogens is 1. The molecule has 1 aromatic heterocycles. The number of fused-ring (bicyclic) bond motifs is 1. The van der Waals surface area contributed by atoms with Crippen LogP contribution in [-0.2, 0) is 24.2 Å². The Kier molecular flexibility index (Phi) is 9.14. The van der Waals surface area contributed by atoms with Gasteiger partial charge >= 0.3 is 11.6 Å². The number of hydrogen-bond acceptors (Lipinski definition) is 6. The molecule has 10 heteroatoms. The molecule has 0 spiro atoms. The summed E-state index contributed by atoms with van der Waals surface area (Å²) in [4.78, 5) is 15.3. The van der Waals surface area contributed by atoms with Gasteiger partial charge in [-0.1, -0.05) is 15.9 Å². The third-order valence-corrected chi connectivity index (χ3v) is 6.17. The molecule has 0 atom stereocenters. The number of carbonyl (C=O) groups is 1. The highest BCUT2D eigenvalue weighted by atomic mass is 79.9. The lowest BCUT2D eigenvalue weighted by atomic mass is 10.1. The van der Waals surface area contributed by atoms with Gasteiger partial charge in [-0.15, -0.1) is 0 Å². The summed E-state index contributed by atoms with van der Waals surface area (Å²) in [6, 6.07) is 4.55. The van der Waals surface area contributed by atoms with Crippen molar-refractivity contribution < 1.29 is 32.1 Å². The van der Waals surface area contributed by atoms with Crippen LogP contribution in [0, 0.1) is 0 Å². The van der Waals surface area contributed by atoms with E-state index in [1.165, 1.54) is 13.2 Å². The predicted octanol–water partition coefficient (Wildman–Crippen LogP) is 5.76. The first-order valence-corrected chi connectivity index (χ1v) is 11.0. The van der Waals surface area contributed by atoms with E-state index in [1.807, 2.05) is 0 Å². The second-order valence-corrected chi connectivity index (χ2v) is 8.31. The number of pyridine rings is 1. The molecule has 0 amide bonds. The first-order valence-electron chi connectivity index (χ1n) is 9.06. The summed E-state index contributed by atoms with van der Waals surface area (Å²) in [5.74, 6) is -0.0345. The van der Waals surface area contributed by atoms with Gasteiger partial charge in [0.05, 0.1) is 26.9 Å². The summed E-state index contributed by atoms with van der Waals surface area (Å²) in [6.07, 6.45) is 2.24. The summed E-state index contributed by atoms with van der Waals surface area (Å²) in [7, 11) is -1.11. The third-order valence-electron chi connectivity index (χ3n) is 3.83. The Labute approximate surface area is 177 Å². The molecule has 160 valence electrons. The maximum atomic E-state index is 15.1. The summed E-state index contributed by atoms with van der Waals surface area (Å²) in [6.45, 7) is 3.80. The van der Waals surface area contributed by atoms with Gasteiger partial charge < -0.3 is 18.5 Å². The molecule has 0 bridgehead atoms. The van der Waals surface area contributed by atoms with Gasteiger partial charge in [0.2, 0.25) is 5.88 Å². The largest absolute Gasteiger partial charge is 0.478 e. The number of hydrogen-bond donors (Lipinski definition) is 0. The number of ether oxygens (including phenoxy) is 2. The number of esters is 1. The van der Waals surface area contributed by atoms with Crippen LogP contribution >= 0.6 is 24.3 Å². The third kappa shape index (κ3) is 6.28. The molecule has 0 aliphatic carbocycles. The number of methoxy groups -OCH3 is 1. The molecular weight excluding hydrogens is 471 g/mol. The molecule has 0 aliphatic rings. The van der Waals surface area contributed by atoms with E-state index in [1.54, 1.807) is 32.2 Å². The van der Waals surface area contributed by atoms with Gasteiger partial charge in [0.15, 0.2) is 0 Å². The Hall–Kier alpha value is -1.41. The van der Waals surface area contributed by atoms with E-state index in [4.69, 9.17) is 13.8 Å². The van der Waals surface area contributed by atoms with Gasteiger partial charge in [0.1, 0.15) is 0 Å². The molecular formula is C19H23BrF2NO5P. The van der Waals surface area contributed by atoms with Crippen LogP contribution in [-0.4, -0.2) is 37.9 Å². The highest BCUT2D eigenvalue weighted by molar-refractivity contribution is 9.10. The van der Waals surface area contributed by atoms with E-state index >= 15 is 8.78 Å². The maximum Gasteiger partial charge on any atom is 0.340 e. The Morgan fingerprint density at radius 1 is 1.17 bits per heavy atom. The minimum Gasteiger partial charge on any atom is -0.478 e. The number of alkyl halides is 2. The van der Waals surface area contributed by atoms with Crippen molar-refractivity contribution in [2.45, 2.75) is 32.4 Å². The van der Waals surface area contributed by atoms with Gasteiger partial charge in [-0.3, -0.25) is 4.79 Å². The number of carbonyl (C=O) groups excluding carboxylic acids is 1. The van der Waals surface area contributed by atoms with Crippen molar-refractivity contribution in [3.63, 3.8) is 0 Å². The van der Waals surface area contributed by atoms with Crippen molar-refractivity contribution in [1.29, 1.82) is 0 Å². The Morgan fingerprint density at radius 3 is 2.48 bits per heavy atom. The lowest BCUT2D eigenvalue weighted by molar-refractivity contribution is -0.140. The zero-order valence-electron chi connectivity index (χ0n) is 16.4. The number of nitrogens with zero attached hydrogens (tertiary/aromatic N) is 1. The van der Waals surface area contributed by atoms with Crippen molar-refractivity contribution in [2.75, 3.05) is 26.9 Å². The van der Waals surface area contributed by atoms with Gasteiger partial charge in [0, 0.05) is 34.1 Å². The minimum atomic E-state index is -3.31. The molecule has 2 aromatic rings. The zero-order chi connectivity index (χ0) is 21.4. The normalized spacial score (nSPS) is 11.8. The topological polar surface area (TPSA) is 66.9 Å². The molecule has 0 radical (unpaired) electrons. The summed E-state index contributed by atoms with van der Waals surface area (Å²) >= 11 is 3.23. The second-order valence-electron chi connectivity index (χ2n) is 5.86. The quantitative estimate of drug-likeness (QED) is 0.225. The van der Waals surface area contributed by atoms with Crippen molar-refractivity contribution in [1.82, 2.24) is 4.98 Å². The fraction of sp³-hybridized carbons (Fsp3) is 0.474. The van der Waals surface area contributed by atoms with E-state index in [0.29, 0.717) is 17.2 Å². The molecule has 0 fully saturated rings. The molecule has 0 aliphatic heterocycles. The standard InChI is InChI=1S/C19H23BrF2NO5P/c1-4-27-29(28-5-2)19(21,22)15-9-13-11-17(23-12-14(13)10-16(15)20)26-8-6-7-18(24)25-3/h9-12H,4-8H2,1-3H3. The zero-order valence-corrected chi connectivity index (χ0v) is 18.9. The number of halogens is 3. The van der Waals surface area contributed by atoms with E-state index in [-0.39, 0.29) is 48.1 Å². The second kappa shape index (κ2) is 11.1. The lowest BCUT2D eigenvalue weighted by Gasteiger charge is -2.26. The minimum absolute atomic E-state index is 0.125. The van der Waals surface area contributed by atoms with Crippen LogP contribution in [0.2, 0.25) is 0 Å². The maximum absolute atomic E-state index is 15.1. The predicted molar refractivity (Wildman–Crippen MR) is 110 cm³/mol. The molecule has 0 unspecified atom stereocenters. The van der Waals surface area contributed by atoms with Crippen LogP contribution in [0.15, 0.2) is 28.9 Å². The highest BCUT2D eigenvalue weighted by Gasteiger charge is 2.46. The molecule has 6 nitrogen and oxygen atoms in total. The molecule has 0 saturated carbocycles. The van der Waals surface area contributed by atoms with Crippen LogP contribution < -0.4 is 4.74 Å². The summed E-state index contributed by atoms with van der Waals surface area (Å²) in [5.41, 5.74) is -3.53. The van der Waals surface area contributed by atoms with Gasteiger partial charge in [-0.2, -0.15) is 8.78 Å². The first kappa shape index (κ1) is 23.9. The Balaban J connectivity index is 2.25. The molecule has 29 heavy (non-hydrogen) atoms. The monoisotopic (exact) mass is 493 g/mol. The lowest BCUT2D eigenvalue weighted by Crippen LogP contribution is -2.15. The van der Waals surface area contributed by atoms with Gasteiger partial charge in [-0.25, -0.2) is 4.98 Å². The van der Waals surface area contributed by atoms with E-state index in [2.05, 4.69) is 25.7 Å². The molecule has 1 heterocycles. The van der Waals surface area contributed by atoms with Crippen LogP contribution in [0.25, 0.3) is 10.8 Å². The SMILES string of the molecule is CCOP(OCC)C(F)(F)c1cc2cc(OCCCC(=O)OC)ncc2cc1Br. The molecule has 0 N–H and O–H groups in total. The average molecular weight is 494 g/mol. The summed E-state index contributed by atoms with van der Waals surface area (Å²) < 4.78 is 50.9. The molecule has 2 rings (SSSR count). The van der Waals surface area contributed by atoms with E-state index < -0.39 is 14.0 Å². The molecule has 0 saturated heterocycles. The van der Waals surface area contributed by atoms with Gasteiger partial charge in [-0.05, 0) is 37.8 Å². The smallest absolute Gasteiger partial charge is 0.340 e. The average Bonchev–Trinajstić information content (AvgIpc) is 2.70. The van der Waals surface area contributed by atoms with Crippen LogP contribution in [0.4, 0.5) is 8.78 Å². The number of rotatable bonds is 11. The van der Waals surface area contributed by atoms with Crippen LogP contribution in [0.3, 0.4) is 0 Å². The van der Waals surface area contributed by atoms with Crippen LogP contribution in [0.1, 0.15) is 32.3 Å². The highest BCUT2D eigenvalue weighted by Crippen LogP contribution is 2.61. The van der Waals surface area contributed by atoms with Crippen molar-refractivity contribution in [2.24, 2.45) is 0 Å². The Bertz CT molecular complexity index is 834. The molecule has 1 aromatic carbocycles. The first-order chi connectivity index (χ1) is 13.8. The van der Waals surface area contributed by atoms with E-state index in [9.17, 15) is 4.79 Å². The van der Waals surface area contributed by atoms with Crippen molar-refractivity contribution >= 4 is 41.0 Å². The summed E-state index contributed by atoms with van der Waals surface area (Å²) in [5, 5.41) is 1.22. The fourth-order valence-corrected chi connectivity index (χ4v) is 4.50. The van der Waals surface area contributed by atoms with E-state index in [0.717, 1.165) is 0 Å². The number of benzene rings is 1. The van der Waals surface area contributed by atoms with Crippen molar-refractivity contribution in [3.05, 3.63) is 34.4 Å². The van der Waals surface area contributed by atoms with Crippen LogP contribution in [0.5, 0.6) is 5.88 Å². The van der Waals surface area contributed by atoms with Crippen molar-refractivity contribution in [3.8, 4) is 5.88 Å². The fourth-order valence-electron chi connectivity index (χ4n) is 2.48.